The quantitative estimate of drug-likeness (QED) is 0.723. The lowest BCUT2D eigenvalue weighted by atomic mass is 9.81. The number of hydrogen-bond donors (Lipinski definition) is 0. The molecule has 18 heavy (non-hydrogen) atoms. The van der Waals surface area contributed by atoms with Crippen molar-refractivity contribution in [1.82, 2.24) is 9.55 Å². The summed E-state index contributed by atoms with van der Waals surface area (Å²) in [5.41, 5.74) is 3.59. The number of para-hydroxylation sites is 1. The molecule has 1 saturated carbocycles. The fourth-order valence-electron chi connectivity index (χ4n) is 3.01. The van der Waals surface area contributed by atoms with Crippen LogP contribution in [0.5, 0.6) is 0 Å². The van der Waals surface area contributed by atoms with E-state index in [-0.39, 0.29) is 5.38 Å². The Bertz CT molecular complexity index is 579. The minimum Gasteiger partial charge on any atom is -0.324 e. The maximum Gasteiger partial charge on any atom is 0.127 e. The van der Waals surface area contributed by atoms with Gasteiger partial charge in [-0.3, -0.25) is 0 Å². The van der Waals surface area contributed by atoms with Gasteiger partial charge < -0.3 is 4.57 Å². The number of fused-ring (bicyclic) bond motifs is 1. The molecule has 3 heteroatoms. The molecule has 3 rings (SSSR count). The van der Waals surface area contributed by atoms with Crippen molar-refractivity contribution in [3.05, 3.63) is 29.6 Å². The van der Waals surface area contributed by atoms with Crippen molar-refractivity contribution < 1.29 is 0 Å². The van der Waals surface area contributed by atoms with Crippen LogP contribution in [0.3, 0.4) is 0 Å². The SMILES string of the molecule is Cc1cccc2c1nc(C(C)Cl)n2C1CC(C)C1. The zero-order valence-electron chi connectivity index (χ0n) is 11.2. The van der Waals surface area contributed by atoms with Crippen LogP contribution in [0.15, 0.2) is 18.2 Å². The second kappa shape index (κ2) is 4.27. The molecule has 1 atom stereocenters. The zero-order valence-corrected chi connectivity index (χ0v) is 11.9. The Labute approximate surface area is 113 Å². The Balaban J connectivity index is 2.19. The van der Waals surface area contributed by atoms with Gasteiger partial charge in [0.25, 0.3) is 0 Å². The molecule has 1 aliphatic rings. The van der Waals surface area contributed by atoms with Gasteiger partial charge in [-0.1, -0.05) is 19.1 Å². The van der Waals surface area contributed by atoms with Gasteiger partial charge in [0.1, 0.15) is 5.82 Å². The first-order chi connectivity index (χ1) is 8.58. The van der Waals surface area contributed by atoms with Crippen molar-refractivity contribution in [2.75, 3.05) is 0 Å². The number of rotatable bonds is 2. The molecule has 1 aromatic heterocycles. The maximum atomic E-state index is 6.31. The van der Waals surface area contributed by atoms with Crippen LogP contribution in [-0.4, -0.2) is 9.55 Å². The van der Waals surface area contributed by atoms with Crippen molar-refractivity contribution in [2.45, 2.75) is 45.0 Å². The van der Waals surface area contributed by atoms with Crippen molar-refractivity contribution in [3.8, 4) is 0 Å². The number of benzene rings is 1. The average Bonchev–Trinajstić information content (AvgIpc) is 2.65. The van der Waals surface area contributed by atoms with Crippen LogP contribution in [0, 0.1) is 12.8 Å². The van der Waals surface area contributed by atoms with E-state index in [1.807, 2.05) is 6.92 Å². The summed E-state index contributed by atoms with van der Waals surface area (Å²) in [6.07, 6.45) is 2.49. The van der Waals surface area contributed by atoms with Gasteiger partial charge in [0.05, 0.1) is 16.4 Å². The van der Waals surface area contributed by atoms with Crippen molar-refractivity contribution in [3.63, 3.8) is 0 Å². The molecule has 0 radical (unpaired) electrons. The highest BCUT2D eigenvalue weighted by Gasteiger charge is 2.31. The number of imidazole rings is 1. The Morgan fingerprint density at radius 2 is 2.11 bits per heavy atom. The number of alkyl halides is 1. The summed E-state index contributed by atoms with van der Waals surface area (Å²) in [5, 5.41) is -0.0345. The van der Waals surface area contributed by atoms with Crippen molar-refractivity contribution in [2.24, 2.45) is 5.92 Å². The highest BCUT2D eigenvalue weighted by atomic mass is 35.5. The molecule has 1 aliphatic carbocycles. The first-order valence-electron chi connectivity index (χ1n) is 6.69. The van der Waals surface area contributed by atoms with Crippen LogP contribution < -0.4 is 0 Å². The van der Waals surface area contributed by atoms with Gasteiger partial charge in [0.15, 0.2) is 0 Å². The van der Waals surface area contributed by atoms with Crippen molar-refractivity contribution in [1.29, 1.82) is 0 Å². The Kier molecular flexibility index (Phi) is 2.86. The Hall–Kier alpha value is -1.02. The number of aryl methyl sites for hydroxylation is 1. The van der Waals surface area contributed by atoms with E-state index in [1.54, 1.807) is 0 Å². The van der Waals surface area contributed by atoms with E-state index in [9.17, 15) is 0 Å². The normalized spacial score (nSPS) is 25.1. The molecular formula is C15H19ClN2. The van der Waals surface area contributed by atoms with E-state index in [0.717, 1.165) is 17.3 Å². The molecule has 0 amide bonds. The predicted octanol–water partition coefficient (Wildman–Crippen LogP) is 4.62. The fourth-order valence-corrected chi connectivity index (χ4v) is 3.16. The molecule has 1 aromatic carbocycles. The number of aromatic nitrogens is 2. The van der Waals surface area contributed by atoms with Crippen LogP contribution in [0.2, 0.25) is 0 Å². The standard InChI is InChI=1S/C15H19ClN2/c1-9-7-12(8-9)18-13-6-4-5-10(2)14(13)17-15(18)11(3)16/h4-6,9,11-12H,7-8H2,1-3H3. The van der Waals surface area contributed by atoms with Crippen LogP contribution in [0.1, 0.15) is 49.5 Å². The Morgan fingerprint density at radius 3 is 2.72 bits per heavy atom. The largest absolute Gasteiger partial charge is 0.324 e. The van der Waals surface area contributed by atoms with E-state index in [0.29, 0.717) is 6.04 Å². The molecule has 1 heterocycles. The maximum absolute atomic E-state index is 6.31. The van der Waals surface area contributed by atoms with Crippen LogP contribution in [0.25, 0.3) is 11.0 Å². The van der Waals surface area contributed by atoms with Gasteiger partial charge in [0.2, 0.25) is 0 Å². The molecule has 0 bridgehead atoms. The number of halogens is 1. The third-order valence-corrected chi connectivity index (χ3v) is 4.21. The third-order valence-electron chi connectivity index (χ3n) is 4.02. The lowest BCUT2D eigenvalue weighted by molar-refractivity contribution is 0.216. The van der Waals surface area contributed by atoms with Crippen LogP contribution in [-0.2, 0) is 0 Å². The Morgan fingerprint density at radius 1 is 1.39 bits per heavy atom. The topological polar surface area (TPSA) is 17.8 Å². The second-order valence-corrected chi connectivity index (χ2v) is 6.28. The van der Waals surface area contributed by atoms with E-state index < -0.39 is 0 Å². The molecule has 1 unspecified atom stereocenters. The number of nitrogens with zero attached hydrogens (tertiary/aromatic N) is 2. The fraction of sp³-hybridized carbons (Fsp3) is 0.533. The molecular weight excluding hydrogens is 244 g/mol. The molecule has 96 valence electrons. The summed E-state index contributed by atoms with van der Waals surface area (Å²) in [7, 11) is 0. The first kappa shape index (κ1) is 12.0. The summed E-state index contributed by atoms with van der Waals surface area (Å²) < 4.78 is 2.38. The van der Waals surface area contributed by atoms with Gasteiger partial charge in [-0.05, 0) is 44.2 Å². The lowest BCUT2D eigenvalue weighted by Gasteiger charge is -2.35. The molecule has 0 spiro atoms. The summed E-state index contributed by atoms with van der Waals surface area (Å²) in [4.78, 5) is 4.77. The van der Waals surface area contributed by atoms with Gasteiger partial charge in [-0.25, -0.2) is 4.98 Å². The van der Waals surface area contributed by atoms with Crippen molar-refractivity contribution >= 4 is 22.6 Å². The third kappa shape index (κ3) is 1.74. The second-order valence-electron chi connectivity index (χ2n) is 5.63. The van der Waals surface area contributed by atoms with Gasteiger partial charge in [-0.2, -0.15) is 0 Å². The highest BCUT2D eigenvalue weighted by molar-refractivity contribution is 6.20. The molecule has 0 saturated heterocycles. The predicted molar refractivity (Wildman–Crippen MR) is 76.2 cm³/mol. The van der Waals surface area contributed by atoms with Crippen LogP contribution in [0.4, 0.5) is 0 Å². The molecule has 0 aliphatic heterocycles. The van der Waals surface area contributed by atoms with Gasteiger partial charge >= 0.3 is 0 Å². The minimum atomic E-state index is -0.0345. The lowest BCUT2D eigenvalue weighted by Crippen LogP contribution is -2.26. The molecule has 0 N–H and O–H groups in total. The highest BCUT2D eigenvalue weighted by Crippen LogP contribution is 2.41. The monoisotopic (exact) mass is 262 g/mol. The first-order valence-corrected chi connectivity index (χ1v) is 7.13. The zero-order chi connectivity index (χ0) is 12.9. The van der Waals surface area contributed by atoms with E-state index >= 15 is 0 Å². The van der Waals surface area contributed by atoms with E-state index in [2.05, 4.69) is 36.6 Å². The van der Waals surface area contributed by atoms with E-state index in [4.69, 9.17) is 16.6 Å². The van der Waals surface area contributed by atoms with Gasteiger partial charge in [-0.15, -0.1) is 11.6 Å². The smallest absolute Gasteiger partial charge is 0.127 e. The minimum absolute atomic E-state index is 0.0345. The summed E-state index contributed by atoms with van der Waals surface area (Å²) in [5.74, 6) is 1.86. The van der Waals surface area contributed by atoms with Crippen LogP contribution >= 0.6 is 11.6 Å². The number of hydrogen-bond acceptors (Lipinski definition) is 1. The molecule has 2 nitrogen and oxygen atoms in total. The summed E-state index contributed by atoms with van der Waals surface area (Å²) in [6.45, 7) is 6.44. The molecule has 1 fully saturated rings. The summed E-state index contributed by atoms with van der Waals surface area (Å²) in [6, 6.07) is 6.98. The average molecular weight is 263 g/mol. The van der Waals surface area contributed by atoms with E-state index in [1.165, 1.54) is 23.9 Å². The summed E-state index contributed by atoms with van der Waals surface area (Å²) >= 11 is 6.31. The van der Waals surface area contributed by atoms with Gasteiger partial charge in [0, 0.05) is 6.04 Å². The molecule has 2 aromatic rings.